The summed E-state index contributed by atoms with van der Waals surface area (Å²) in [7, 11) is 0. The van der Waals surface area contributed by atoms with Crippen molar-refractivity contribution >= 4 is 80.4 Å². The van der Waals surface area contributed by atoms with E-state index in [1.165, 1.54) is 23.0 Å². The van der Waals surface area contributed by atoms with Gasteiger partial charge in [0.05, 0.1) is 45.0 Å². The van der Waals surface area contributed by atoms with Crippen LogP contribution in [0.1, 0.15) is 89.9 Å². The fourth-order valence-corrected chi connectivity index (χ4v) is 5.26. The SMILES string of the molecule is O=C(O)CCCCCCCCCCCCC(=O)N[C@@H](CCC(=O)NCCOCCOCC(=O)NCCOCCOCC(=O)NCCNC(=O)CBr)C(=O)OI. The van der Waals surface area contributed by atoms with E-state index >= 15 is 0 Å². The predicted molar refractivity (Wildman–Crippen MR) is 213 cm³/mol. The number of aliphatic carboxylic acids is 1. The Morgan fingerprint density at radius 2 is 0.945 bits per heavy atom. The van der Waals surface area contributed by atoms with Gasteiger partial charge in [-0.3, -0.25) is 28.8 Å². The topological polar surface area (TPSA) is 246 Å². The van der Waals surface area contributed by atoms with Crippen molar-refractivity contribution in [3.05, 3.63) is 0 Å². The van der Waals surface area contributed by atoms with Gasteiger partial charge >= 0.3 is 11.9 Å². The molecule has 0 bridgehead atoms. The second-order valence-corrected chi connectivity index (χ2v) is 13.3. The predicted octanol–water partition coefficient (Wildman–Crippen LogP) is 1.84. The number of hydrogen-bond donors (Lipinski definition) is 6. The third kappa shape index (κ3) is 36.7. The highest BCUT2D eigenvalue weighted by atomic mass is 127. The molecule has 5 amide bonds. The van der Waals surface area contributed by atoms with Crippen LogP contribution in [0.4, 0.5) is 0 Å². The maximum Gasteiger partial charge on any atom is 0.338 e. The van der Waals surface area contributed by atoms with Gasteiger partial charge in [0, 0.05) is 45.4 Å². The van der Waals surface area contributed by atoms with E-state index in [0.717, 1.165) is 57.8 Å². The largest absolute Gasteiger partial charge is 0.481 e. The van der Waals surface area contributed by atoms with Crippen molar-refractivity contribution in [3.63, 3.8) is 0 Å². The van der Waals surface area contributed by atoms with Crippen LogP contribution in [-0.2, 0) is 55.6 Å². The number of halogens is 2. The second kappa shape index (κ2) is 38.2. The van der Waals surface area contributed by atoms with Crippen LogP contribution in [0.25, 0.3) is 0 Å². The van der Waals surface area contributed by atoms with Crippen LogP contribution in [0.5, 0.6) is 0 Å². The molecule has 0 aromatic rings. The summed E-state index contributed by atoms with van der Waals surface area (Å²) >= 11 is 4.48. The first-order valence-corrected chi connectivity index (χ1v) is 20.9. The van der Waals surface area contributed by atoms with E-state index < -0.39 is 18.0 Å². The smallest absolute Gasteiger partial charge is 0.338 e. The average Bonchev–Trinajstić information content (AvgIpc) is 3.16. The van der Waals surface area contributed by atoms with Crippen LogP contribution in [0, 0.1) is 0 Å². The molecule has 0 unspecified atom stereocenters. The Kier molecular flexibility index (Phi) is 36.4. The number of carboxylic acid groups (broad SMARTS) is 1. The third-order valence-electron chi connectivity index (χ3n) is 7.64. The van der Waals surface area contributed by atoms with Crippen molar-refractivity contribution in [1.82, 2.24) is 26.6 Å². The monoisotopic (exact) mass is 965 g/mol. The molecule has 0 aromatic carbocycles. The van der Waals surface area contributed by atoms with Crippen LogP contribution in [-0.4, -0.2) is 137 Å². The minimum absolute atomic E-state index is 0.00800. The highest BCUT2D eigenvalue weighted by Crippen LogP contribution is 2.12. The zero-order valence-corrected chi connectivity index (χ0v) is 35.5. The lowest BCUT2D eigenvalue weighted by Gasteiger charge is -2.16. The lowest BCUT2D eigenvalue weighted by atomic mass is 10.0. The average molecular weight is 967 g/mol. The Hall–Kier alpha value is -2.66. The molecule has 55 heavy (non-hydrogen) atoms. The summed E-state index contributed by atoms with van der Waals surface area (Å²) in [6.07, 6.45) is 10.4. The fourth-order valence-electron chi connectivity index (χ4n) is 4.76. The molecule has 0 radical (unpaired) electrons. The Morgan fingerprint density at radius 3 is 1.44 bits per heavy atom. The summed E-state index contributed by atoms with van der Waals surface area (Å²) in [5, 5.41) is 22.1. The normalized spacial score (nSPS) is 11.3. The summed E-state index contributed by atoms with van der Waals surface area (Å²) in [6, 6.07) is -0.923. The third-order valence-corrected chi connectivity index (χ3v) is 8.58. The van der Waals surface area contributed by atoms with Crippen LogP contribution in [0.15, 0.2) is 0 Å². The number of carbonyl (C=O) groups is 7. The number of carboxylic acids is 1. The molecule has 6 N–H and O–H groups in total. The molecule has 0 aliphatic rings. The van der Waals surface area contributed by atoms with Gasteiger partial charge in [0.25, 0.3) is 0 Å². The fraction of sp³-hybridized carbons (Fsp3) is 0.800. The number of amides is 5. The molecule has 0 saturated carbocycles. The molecule has 20 heteroatoms. The molecule has 18 nitrogen and oxygen atoms in total. The van der Waals surface area contributed by atoms with Crippen molar-refractivity contribution < 1.29 is 60.7 Å². The van der Waals surface area contributed by atoms with E-state index in [9.17, 15) is 33.6 Å². The van der Waals surface area contributed by atoms with Gasteiger partial charge in [-0.05, 0) is 19.3 Å². The first-order valence-electron chi connectivity index (χ1n) is 18.9. The minimum atomic E-state index is -0.923. The summed E-state index contributed by atoms with van der Waals surface area (Å²) in [6.45, 7) is 2.15. The van der Waals surface area contributed by atoms with Gasteiger partial charge in [0.2, 0.25) is 29.5 Å². The number of rotatable bonds is 38. The molecular weight excluding hydrogens is 905 g/mol. The molecule has 1 atom stereocenters. The number of ether oxygens (including phenoxy) is 4. The summed E-state index contributed by atoms with van der Waals surface area (Å²) in [5.41, 5.74) is 0. The molecule has 0 rings (SSSR count). The number of carbonyl (C=O) groups excluding carboxylic acids is 6. The molecule has 0 spiro atoms. The van der Waals surface area contributed by atoms with Crippen LogP contribution in [0.3, 0.4) is 0 Å². The standard InChI is InChI=1S/C35H61BrIN5O13/c36-25-31(45)38-15-16-39-32(46)26-53-23-22-52-20-18-41-33(47)27-54-24-21-51-19-17-40-29(43)14-13-28(35(50)55-37)42-30(44)11-9-7-5-3-1-2-4-6-8-10-12-34(48)49/h28H,1-27H2,(H,38,45)(H,39,46)(H,40,43)(H,41,47)(H,42,44)(H,48,49)/t28-/m0/s1. The number of nitrogens with one attached hydrogen (secondary N) is 5. The quantitative estimate of drug-likeness (QED) is 0.0294. The molecule has 0 saturated heterocycles. The molecule has 318 valence electrons. The second-order valence-electron chi connectivity index (χ2n) is 12.3. The van der Waals surface area contributed by atoms with Crippen molar-refractivity contribution in [2.75, 3.05) is 84.4 Å². The molecule has 0 heterocycles. The zero-order valence-electron chi connectivity index (χ0n) is 31.8. The Morgan fingerprint density at radius 1 is 0.509 bits per heavy atom. The lowest BCUT2D eigenvalue weighted by Crippen LogP contribution is -2.42. The Labute approximate surface area is 346 Å². The van der Waals surface area contributed by atoms with Crippen LogP contribution >= 0.6 is 38.9 Å². The van der Waals surface area contributed by atoms with Gasteiger partial charge in [-0.1, -0.05) is 67.3 Å². The lowest BCUT2D eigenvalue weighted by molar-refractivity contribution is -0.137. The highest BCUT2D eigenvalue weighted by Gasteiger charge is 2.23. The number of alkyl halides is 1. The van der Waals surface area contributed by atoms with E-state index in [1.807, 2.05) is 0 Å². The van der Waals surface area contributed by atoms with Gasteiger partial charge in [-0.15, -0.1) is 0 Å². The Bertz CT molecular complexity index is 1090. The number of unbranched alkanes of at least 4 members (excludes halogenated alkanes) is 9. The Balaban J connectivity index is 3.75. The van der Waals surface area contributed by atoms with E-state index in [0.29, 0.717) is 19.5 Å². The number of hydrogen-bond acceptors (Lipinski definition) is 12. The summed E-state index contributed by atoms with van der Waals surface area (Å²) in [5.74, 6) is -2.72. The van der Waals surface area contributed by atoms with E-state index in [-0.39, 0.29) is 126 Å². The van der Waals surface area contributed by atoms with E-state index in [1.54, 1.807) is 0 Å². The van der Waals surface area contributed by atoms with Crippen molar-refractivity contribution in [2.45, 2.75) is 95.9 Å². The van der Waals surface area contributed by atoms with Crippen LogP contribution in [0.2, 0.25) is 0 Å². The summed E-state index contributed by atoms with van der Waals surface area (Å²) < 4.78 is 26.0. The molecule has 0 aliphatic heterocycles. The first kappa shape index (κ1) is 52.3. The highest BCUT2D eigenvalue weighted by molar-refractivity contribution is 14.1. The van der Waals surface area contributed by atoms with Crippen molar-refractivity contribution in [2.24, 2.45) is 0 Å². The molecular formula is C35H61BrIN5O13. The maximum absolute atomic E-state index is 12.4. The molecule has 0 aromatic heterocycles. The summed E-state index contributed by atoms with van der Waals surface area (Å²) in [4.78, 5) is 81.9. The van der Waals surface area contributed by atoms with Gasteiger partial charge in [0.1, 0.15) is 19.3 Å². The van der Waals surface area contributed by atoms with Gasteiger partial charge in [-0.25, -0.2) is 4.79 Å². The van der Waals surface area contributed by atoms with Crippen molar-refractivity contribution in [1.29, 1.82) is 0 Å². The van der Waals surface area contributed by atoms with E-state index in [2.05, 4.69) is 42.5 Å². The van der Waals surface area contributed by atoms with E-state index in [4.69, 9.17) is 27.1 Å². The van der Waals surface area contributed by atoms with Gasteiger partial charge < -0.3 is 53.7 Å². The minimum Gasteiger partial charge on any atom is -0.481 e. The maximum atomic E-state index is 12.4. The first-order chi connectivity index (χ1) is 26.6. The zero-order chi connectivity index (χ0) is 40.8. The van der Waals surface area contributed by atoms with Crippen molar-refractivity contribution in [3.8, 4) is 0 Å². The van der Waals surface area contributed by atoms with Crippen LogP contribution < -0.4 is 26.6 Å². The van der Waals surface area contributed by atoms with Gasteiger partial charge in [-0.2, -0.15) is 0 Å². The van der Waals surface area contributed by atoms with Gasteiger partial charge in [0.15, 0.2) is 23.0 Å². The molecule has 0 fully saturated rings. The molecule has 0 aliphatic carbocycles.